The van der Waals surface area contributed by atoms with Crippen molar-refractivity contribution in [3.05, 3.63) is 35.8 Å². The van der Waals surface area contributed by atoms with Crippen LogP contribution < -0.4 is 16.4 Å². The summed E-state index contributed by atoms with van der Waals surface area (Å²) in [5.41, 5.74) is 6.53. The molecule has 0 radical (unpaired) electrons. The van der Waals surface area contributed by atoms with Crippen molar-refractivity contribution in [2.24, 2.45) is 5.73 Å². The van der Waals surface area contributed by atoms with E-state index in [4.69, 9.17) is 5.73 Å². The Hall–Kier alpha value is -2.41. The smallest absolute Gasteiger partial charge is 0.267 e. The van der Waals surface area contributed by atoms with Crippen LogP contribution in [-0.4, -0.2) is 35.4 Å². The maximum Gasteiger partial charge on any atom is 0.267 e. The maximum absolute atomic E-state index is 13.2. The van der Waals surface area contributed by atoms with Crippen molar-refractivity contribution in [2.45, 2.75) is 44.2 Å². The third-order valence-electron chi connectivity index (χ3n) is 4.63. The molecule has 1 aromatic heterocycles. The van der Waals surface area contributed by atoms with Crippen molar-refractivity contribution < 1.29 is 14.0 Å². The molecule has 0 spiro atoms. The van der Waals surface area contributed by atoms with E-state index in [1.807, 2.05) is 0 Å². The molecule has 0 saturated heterocycles. The predicted octanol–water partition coefficient (Wildman–Crippen LogP) is 1.81. The van der Waals surface area contributed by atoms with Gasteiger partial charge in [0.05, 0.1) is 0 Å². The summed E-state index contributed by atoms with van der Waals surface area (Å²) in [6.07, 6.45) is 3.64. The zero-order valence-corrected chi connectivity index (χ0v) is 14.0. The van der Waals surface area contributed by atoms with E-state index in [-0.39, 0.29) is 29.7 Å². The van der Waals surface area contributed by atoms with Gasteiger partial charge in [-0.05, 0) is 49.9 Å². The van der Waals surface area contributed by atoms with E-state index in [2.05, 4.69) is 15.6 Å². The van der Waals surface area contributed by atoms with Crippen LogP contribution in [0, 0.1) is 5.82 Å². The number of rotatable bonds is 5. The molecule has 2 amide bonds. The molecule has 3 rings (SSSR count). The lowest BCUT2D eigenvalue weighted by Gasteiger charge is -2.29. The summed E-state index contributed by atoms with van der Waals surface area (Å²) in [5.74, 6) is -0.527. The average Bonchev–Trinajstić information content (AvgIpc) is 3.00. The van der Waals surface area contributed by atoms with Gasteiger partial charge in [-0.25, -0.2) is 4.39 Å². The van der Waals surface area contributed by atoms with E-state index in [1.165, 1.54) is 12.1 Å². The summed E-state index contributed by atoms with van der Waals surface area (Å²) in [6, 6.07) is 6.28. The predicted molar refractivity (Wildman–Crippen MR) is 93.6 cm³/mol. The molecule has 2 aromatic rings. The summed E-state index contributed by atoms with van der Waals surface area (Å²) >= 11 is 0. The van der Waals surface area contributed by atoms with E-state index in [0.717, 1.165) is 31.2 Å². The van der Waals surface area contributed by atoms with Crippen molar-refractivity contribution in [3.8, 4) is 0 Å². The summed E-state index contributed by atoms with van der Waals surface area (Å²) in [5, 5.41) is 6.67. The van der Waals surface area contributed by atoms with Gasteiger partial charge < -0.3 is 21.4 Å². The lowest BCUT2D eigenvalue weighted by atomic mass is 9.91. The van der Waals surface area contributed by atoms with Crippen LogP contribution in [-0.2, 0) is 4.79 Å². The molecular formula is C18H23FN4O2. The Morgan fingerprint density at radius 2 is 1.80 bits per heavy atom. The molecule has 1 saturated carbocycles. The van der Waals surface area contributed by atoms with Gasteiger partial charge in [-0.2, -0.15) is 0 Å². The summed E-state index contributed by atoms with van der Waals surface area (Å²) in [6.45, 7) is 0.353. The second-order valence-electron chi connectivity index (χ2n) is 6.54. The second kappa shape index (κ2) is 7.65. The standard InChI is InChI=1S/C18H23FN4O2/c19-12-1-6-15-11(9-12)10-16(23-15)18(25)22-14-4-2-13(3-5-14)21-17(24)7-8-20/h1,6,9-10,13-14,23H,2-5,7-8,20H2,(H,21,24)(H,22,25)/t13-,14-. The van der Waals surface area contributed by atoms with Gasteiger partial charge >= 0.3 is 0 Å². The van der Waals surface area contributed by atoms with Gasteiger partial charge in [-0.1, -0.05) is 0 Å². The molecular weight excluding hydrogens is 323 g/mol. The fraction of sp³-hybridized carbons (Fsp3) is 0.444. The molecule has 0 bridgehead atoms. The number of carbonyl (C=O) groups excluding carboxylic acids is 2. The molecule has 1 aliphatic rings. The number of nitrogens with one attached hydrogen (secondary N) is 3. The highest BCUT2D eigenvalue weighted by Crippen LogP contribution is 2.20. The van der Waals surface area contributed by atoms with Crippen LogP contribution in [0.25, 0.3) is 10.9 Å². The molecule has 0 atom stereocenters. The monoisotopic (exact) mass is 346 g/mol. The molecule has 1 fully saturated rings. The molecule has 0 unspecified atom stereocenters. The van der Waals surface area contributed by atoms with Crippen LogP contribution in [0.1, 0.15) is 42.6 Å². The molecule has 5 N–H and O–H groups in total. The van der Waals surface area contributed by atoms with Gasteiger partial charge in [0, 0.05) is 36.0 Å². The van der Waals surface area contributed by atoms with E-state index >= 15 is 0 Å². The van der Waals surface area contributed by atoms with E-state index in [9.17, 15) is 14.0 Å². The SMILES string of the molecule is NCCC(=O)N[C@H]1CC[C@H](NC(=O)c2cc3cc(F)ccc3[nH]2)CC1. The number of aromatic nitrogens is 1. The maximum atomic E-state index is 13.2. The number of halogens is 1. The second-order valence-corrected chi connectivity index (χ2v) is 6.54. The first kappa shape index (κ1) is 17.4. The Kier molecular flexibility index (Phi) is 5.33. The topological polar surface area (TPSA) is 100 Å². The lowest BCUT2D eigenvalue weighted by molar-refractivity contribution is -0.121. The summed E-state index contributed by atoms with van der Waals surface area (Å²) < 4.78 is 13.2. The van der Waals surface area contributed by atoms with Gasteiger partial charge in [0.1, 0.15) is 11.5 Å². The zero-order chi connectivity index (χ0) is 17.8. The third-order valence-corrected chi connectivity index (χ3v) is 4.63. The molecule has 1 aromatic carbocycles. The number of hydrogen-bond donors (Lipinski definition) is 4. The van der Waals surface area contributed by atoms with Crippen molar-refractivity contribution in [1.29, 1.82) is 0 Å². The minimum Gasteiger partial charge on any atom is -0.353 e. The first-order valence-corrected chi connectivity index (χ1v) is 8.63. The Morgan fingerprint density at radius 1 is 1.12 bits per heavy atom. The highest BCUT2D eigenvalue weighted by Gasteiger charge is 2.24. The Bertz CT molecular complexity index is 766. The van der Waals surface area contributed by atoms with Crippen LogP contribution in [0.4, 0.5) is 4.39 Å². The molecule has 1 aliphatic carbocycles. The van der Waals surface area contributed by atoms with E-state index in [0.29, 0.717) is 24.0 Å². The average molecular weight is 346 g/mol. The Labute approximate surface area is 145 Å². The number of amides is 2. The Balaban J connectivity index is 1.52. The number of aromatic amines is 1. The van der Waals surface area contributed by atoms with Crippen molar-refractivity contribution in [3.63, 3.8) is 0 Å². The molecule has 25 heavy (non-hydrogen) atoms. The van der Waals surface area contributed by atoms with Crippen LogP contribution in [0.3, 0.4) is 0 Å². The number of nitrogens with two attached hydrogens (primary N) is 1. The number of carbonyl (C=O) groups is 2. The van der Waals surface area contributed by atoms with Crippen molar-refractivity contribution in [1.82, 2.24) is 15.6 Å². The van der Waals surface area contributed by atoms with Crippen molar-refractivity contribution in [2.75, 3.05) is 6.54 Å². The minimum atomic E-state index is -0.325. The highest BCUT2D eigenvalue weighted by atomic mass is 19.1. The van der Waals surface area contributed by atoms with E-state index < -0.39 is 0 Å². The first-order chi connectivity index (χ1) is 12.0. The Morgan fingerprint density at radius 3 is 2.48 bits per heavy atom. The van der Waals surface area contributed by atoms with E-state index in [1.54, 1.807) is 12.1 Å². The third kappa shape index (κ3) is 4.36. The van der Waals surface area contributed by atoms with Crippen molar-refractivity contribution >= 4 is 22.7 Å². The fourth-order valence-corrected chi connectivity index (χ4v) is 3.30. The minimum absolute atomic E-state index is 0.0136. The number of hydrogen-bond acceptors (Lipinski definition) is 3. The highest BCUT2D eigenvalue weighted by molar-refractivity contribution is 5.98. The van der Waals surface area contributed by atoms with Gasteiger partial charge in [-0.15, -0.1) is 0 Å². The van der Waals surface area contributed by atoms with Gasteiger partial charge in [0.2, 0.25) is 5.91 Å². The number of fused-ring (bicyclic) bond motifs is 1. The van der Waals surface area contributed by atoms with Gasteiger partial charge in [0.15, 0.2) is 0 Å². The van der Waals surface area contributed by atoms with Gasteiger partial charge in [0.25, 0.3) is 5.91 Å². The summed E-state index contributed by atoms with van der Waals surface area (Å²) in [4.78, 5) is 27.0. The van der Waals surface area contributed by atoms with Crippen LogP contribution in [0.15, 0.2) is 24.3 Å². The van der Waals surface area contributed by atoms with Crippen LogP contribution in [0.5, 0.6) is 0 Å². The van der Waals surface area contributed by atoms with Crippen LogP contribution in [0.2, 0.25) is 0 Å². The first-order valence-electron chi connectivity index (χ1n) is 8.63. The molecule has 1 heterocycles. The van der Waals surface area contributed by atoms with Crippen LogP contribution >= 0.6 is 0 Å². The molecule has 0 aliphatic heterocycles. The largest absolute Gasteiger partial charge is 0.353 e. The lowest BCUT2D eigenvalue weighted by Crippen LogP contribution is -2.44. The zero-order valence-electron chi connectivity index (χ0n) is 14.0. The number of benzene rings is 1. The quantitative estimate of drug-likeness (QED) is 0.664. The summed E-state index contributed by atoms with van der Waals surface area (Å²) in [7, 11) is 0. The molecule has 7 heteroatoms. The normalized spacial score (nSPS) is 20.4. The van der Waals surface area contributed by atoms with Gasteiger partial charge in [-0.3, -0.25) is 9.59 Å². The molecule has 6 nitrogen and oxygen atoms in total. The fourth-order valence-electron chi connectivity index (χ4n) is 3.30. The molecule has 134 valence electrons. The number of H-pyrrole nitrogens is 1.